The van der Waals surface area contributed by atoms with Crippen LogP contribution in [0.25, 0.3) is 0 Å². The molecular weight excluding hydrogens is 330 g/mol. The van der Waals surface area contributed by atoms with Crippen LogP contribution in [-0.4, -0.2) is 14.7 Å². The highest BCUT2D eigenvalue weighted by molar-refractivity contribution is 7.98. The van der Waals surface area contributed by atoms with Gasteiger partial charge in [0.2, 0.25) is 0 Å². The molecule has 0 unspecified atom stereocenters. The summed E-state index contributed by atoms with van der Waals surface area (Å²) in [6.07, 6.45) is 1.79. The highest BCUT2D eigenvalue weighted by Crippen LogP contribution is 2.23. The van der Waals surface area contributed by atoms with Gasteiger partial charge in [0.1, 0.15) is 11.6 Å². The number of aliphatic hydroxyl groups excluding tert-OH is 1. The molecule has 2 aromatic carbocycles. The molecule has 0 saturated carbocycles. The fourth-order valence-electron chi connectivity index (χ4n) is 2.27. The molecule has 0 saturated heterocycles. The summed E-state index contributed by atoms with van der Waals surface area (Å²) < 4.78 is 27.9. The van der Waals surface area contributed by atoms with Crippen LogP contribution in [0.4, 0.5) is 8.78 Å². The van der Waals surface area contributed by atoms with Gasteiger partial charge in [-0.25, -0.2) is 13.8 Å². The quantitative estimate of drug-likeness (QED) is 0.686. The first-order valence-corrected chi connectivity index (χ1v) is 8.41. The first-order chi connectivity index (χ1) is 11.6. The lowest BCUT2D eigenvalue weighted by molar-refractivity contribution is 0.277. The van der Waals surface area contributed by atoms with E-state index in [0.717, 1.165) is 16.3 Å². The van der Waals surface area contributed by atoms with Crippen LogP contribution >= 0.6 is 11.8 Å². The largest absolute Gasteiger partial charge is 0.390 e. The molecule has 0 fully saturated rings. The van der Waals surface area contributed by atoms with Crippen LogP contribution in [0.5, 0.6) is 0 Å². The van der Waals surface area contributed by atoms with Crippen molar-refractivity contribution in [2.75, 3.05) is 0 Å². The molecule has 24 heavy (non-hydrogen) atoms. The zero-order valence-corrected chi connectivity index (χ0v) is 13.6. The minimum absolute atomic E-state index is 0.138. The van der Waals surface area contributed by atoms with E-state index in [9.17, 15) is 13.9 Å². The van der Waals surface area contributed by atoms with Crippen LogP contribution in [-0.2, 0) is 18.9 Å². The van der Waals surface area contributed by atoms with Gasteiger partial charge in [-0.2, -0.15) is 0 Å². The van der Waals surface area contributed by atoms with E-state index in [4.69, 9.17) is 0 Å². The molecule has 124 valence electrons. The van der Waals surface area contributed by atoms with Crippen LogP contribution in [0.3, 0.4) is 0 Å². The Morgan fingerprint density at radius 1 is 0.917 bits per heavy atom. The number of halogens is 2. The summed E-state index contributed by atoms with van der Waals surface area (Å²) in [6, 6.07) is 12.6. The lowest BCUT2D eigenvalue weighted by Gasteiger charge is -2.08. The van der Waals surface area contributed by atoms with Crippen LogP contribution < -0.4 is 0 Å². The van der Waals surface area contributed by atoms with E-state index in [1.807, 2.05) is 4.57 Å². The smallest absolute Gasteiger partial charge is 0.168 e. The SMILES string of the molecule is OCc1cn(Cc2ccc(F)cc2)c(SCc2ccc(F)cc2)n1. The molecule has 3 nitrogen and oxygen atoms in total. The number of hydrogen-bond acceptors (Lipinski definition) is 3. The Kier molecular flexibility index (Phi) is 5.27. The first-order valence-electron chi connectivity index (χ1n) is 7.42. The van der Waals surface area contributed by atoms with Gasteiger partial charge in [-0.1, -0.05) is 36.0 Å². The minimum atomic E-state index is -0.272. The van der Waals surface area contributed by atoms with E-state index in [0.29, 0.717) is 18.0 Å². The maximum absolute atomic E-state index is 13.0. The molecular formula is C18H16F2N2OS. The Morgan fingerprint density at radius 2 is 1.50 bits per heavy atom. The third kappa shape index (κ3) is 4.21. The predicted molar refractivity (Wildman–Crippen MR) is 89.6 cm³/mol. The van der Waals surface area contributed by atoms with Gasteiger partial charge in [0, 0.05) is 18.5 Å². The van der Waals surface area contributed by atoms with Crippen LogP contribution in [0, 0.1) is 11.6 Å². The molecule has 0 aliphatic rings. The van der Waals surface area contributed by atoms with Crippen LogP contribution in [0.1, 0.15) is 16.8 Å². The predicted octanol–water partition coefficient (Wildman–Crippen LogP) is 3.99. The lowest BCUT2D eigenvalue weighted by Crippen LogP contribution is -2.00. The van der Waals surface area contributed by atoms with Gasteiger partial charge in [-0.15, -0.1) is 0 Å². The lowest BCUT2D eigenvalue weighted by atomic mass is 10.2. The first kappa shape index (κ1) is 16.7. The van der Waals surface area contributed by atoms with E-state index in [-0.39, 0.29) is 18.2 Å². The zero-order chi connectivity index (χ0) is 16.9. The molecule has 0 aliphatic heterocycles. The molecule has 3 rings (SSSR count). The fourth-order valence-corrected chi connectivity index (χ4v) is 3.22. The summed E-state index contributed by atoms with van der Waals surface area (Å²) in [5, 5.41) is 10.1. The third-order valence-electron chi connectivity index (χ3n) is 3.50. The number of hydrogen-bond donors (Lipinski definition) is 1. The topological polar surface area (TPSA) is 38.0 Å². The molecule has 0 spiro atoms. The van der Waals surface area contributed by atoms with Gasteiger partial charge in [0.15, 0.2) is 5.16 Å². The molecule has 0 radical (unpaired) electrons. The molecule has 1 aromatic heterocycles. The molecule has 0 amide bonds. The average Bonchev–Trinajstić information content (AvgIpc) is 2.98. The standard InChI is InChI=1S/C18H16F2N2OS/c19-15-5-1-13(2-6-15)9-22-10-17(11-23)21-18(22)24-12-14-3-7-16(20)8-4-14/h1-8,10,23H,9,11-12H2. The van der Waals surface area contributed by atoms with Gasteiger partial charge in [-0.3, -0.25) is 0 Å². The second-order valence-electron chi connectivity index (χ2n) is 5.34. The highest BCUT2D eigenvalue weighted by Gasteiger charge is 2.09. The Balaban J connectivity index is 1.75. The van der Waals surface area contributed by atoms with E-state index in [1.165, 1.54) is 36.0 Å². The van der Waals surface area contributed by atoms with Gasteiger partial charge in [-0.05, 0) is 35.4 Å². The molecule has 0 atom stereocenters. The van der Waals surface area contributed by atoms with Crippen molar-refractivity contribution in [3.63, 3.8) is 0 Å². The Morgan fingerprint density at radius 3 is 2.08 bits per heavy atom. The molecule has 1 N–H and O–H groups in total. The highest BCUT2D eigenvalue weighted by atomic mass is 32.2. The maximum atomic E-state index is 13.0. The molecule has 1 heterocycles. The minimum Gasteiger partial charge on any atom is -0.390 e. The summed E-state index contributed by atoms with van der Waals surface area (Å²) in [5.74, 6) is 0.112. The molecule has 0 bridgehead atoms. The summed E-state index contributed by atoms with van der Waals surface area (Å²) in [7, 11) is 0. The van der Waals surface area contributed by atoms with Crippen molar-refractivity contribution >= 4 is 11.8 Å². The van der Waals surface area contributed by atoms with Crippen molar-refractivity contribution in [1.82, 2.24) is 9.55 Å². The van der Waals surface area contributed by atoms with Gasteiger partial charge < -0.3 is 9.67 Å². The number of aromatic nitrogens is 2. The normalized spacial score (nSPS) is 11.0. The fraction of sp³-hybridized carbons (Fsp3) is 0.167. The van der Waals surface area contributed by atoms with Crippen molar-refractivity contribution in [1.29, 1.82) is 0 Å². The van der Waals surface area contributed by atoms with Crippen LogP contribution in [0.2, 0.25) is 0 Å². The van der Waals surface area contributed by atoms with Gasteiger partial charge >= 0.3 is 0 Å². The van der Waals surface area contributed by atoms with Gasteiger partial charge in [0.05, 0.1) is 12.3 Å². The van der Waals surface area contributed by atoms with E-state index in [2.05, 4.69) is 4.98 Å². The number of aliphatic hydroxyl groups is 1. The maximum Gasteiger partial charge on any atom is 0.168 e. The zero-order valence-electron chi connectivity index (χ0n) is 12.8. The Bertz CT molecular complexity index is 801. The molecule has 3 aromatic rings. The van der Waals surface area contributed by atoms with Crippen molar-refractivity contribution in [2.24, 2.45) is 0 Å². The average molecular weight is 346 g/mol. The third-order valence-corrected chi connectivity index (χ3v) is 4.56. The van der Waals surface area contributed by atoms with Crippen molar-refractivity contribution in [3.8, 4) is 0 Å². The number of imidazole rings is 1. The van der Waals surface area contributed by atoms with Crippen molar-refractivity contribution < 1.29 is 13.9 Å². The molecule has 6 heteroatoms. The van der Waals surface area contributed by atoms with E-state index in [1.54, 1.807) is 30.5 Å². The van der Waals surface area contributed by atoms with E-state index >= 15 is 0 Å². The number of thioether (sulfide) groups is 1. The Labute approximate surface area is 143 Å². The second-order valence-corrected chi connectivity index (χ2v) is 6.28. The van der Waals surface area contributed by atoms with Crippen molar-refractivity contribution in [3.05, 3.63) is 83.2 Å². The summed E-state index contributed by atoms with van der Waals surface area (Å²) in [5.41, 5.74) is 2.52. The summed E-state index contributed by atoms with van der Waals surface area (Å²) >= 11 is 1.51. The summed E-state index contributed by atoms with van der Waals surface area (Å²) in [6.45, 7) is 0.402. The number of benzene rings is 2. The van der Waals surface area contributed by atoms with Gasteiger partial charge in [0.25, 0.3) is 0 Å². The molecule has 0 aliphatic carbocycles. The second kappa shape index (κ2) is 7.59. The van der Waals surface area contributed by atoms with Crippen molar-refractivity contribution in [2.45, 2.75) is 24.1 Å². The number of rotatable bonds is 6. The summed E-state index contributed by atoms with van der Waals surface area (Å²) in [4.78, 5) is 4.40. The van der Waals surface area contributed by atoms with E-state index < -0.39 is 0 Å². The van der Waals surface area contributed by atoms with Crippen LogP contribution in [0.15, 0.2) is 59.9 Å². The monoisotopic (exact) mass is 346 g/mol. The number of nitrogens with zero attached hydrogens (tertiary/aromatic N) is 2. The Hall–Kier alpha value is -2.18.